The third-order valence-corrected chi connectivity index (χ3v) is 2.66. The van der Waals surface area contributed by atoms with Crippen molar-refractivity contribution in [2.24, 2.45) is 0 Å². The molecule has 0 aliphatic carbocycles. The van der Waals surface area contributed by atoms with Crippen LogP contribution in [0.5, 0.6) is 0 Å². The maximum Gasteiger partial charge on any atom is 0.126 e. The second-order valence-electron chi connectivity index (χ2n) is 3.29. The van der Waals surface area contributed by atoms with Crippen LogP contribution in [0.1, 0.15) is 17.4 Å². The van der Waals surface area contributed by atoms with Gasteiger partial charge in [0, 0.05) is 11.8 Å². The molecule has 0 fully saturated rings. The summed E-state index contributed by atoms with van der Waals surface area (Å²) in [5.74, 6) is -1.07. The van der Waals surface area contributed by atoms with Crippen molar-refractivity contribution in [3.8, 4) is 0 Å². The molecule has 16 heavy (non-hydrogen) atoms. The minimum absolute atomic E-state index is 0.0188. The van der Waals surface area contributed by atoms with Crippen LogP contribution in [-0.2, 0) is 6.42 Å². The highest BCUT2D eigenvalue weighted by Gasteiger charge is 2.14. The highest BCUT2D eigenvalue weighted by molar-refractivity contribution is 7.03. The molecule has 1 aromatic carbocycles. The van der Waals surface area contributed by atoms with Crippen LogP contribution in [0.2, 0.25) is 0 Å². The van der Waals surface area contributed by atoms with E-state index < -0.39 is 17.7 Å². The molecular formula is C10H8F2N2OS. The van der Waals surface area contributed by atoms with Crippen LogP contribution < -0.4 is 0 Å². The predicted octanol–water partition coefficient (Wildman–Crippen LogP) is 2.09. The Hall–Kier alpha value is -1.40. The SMILES string of the molecule is OC(Cc1cc(F)ccc1F)c1csnn1. The Morgan fingerprint density at radius 2 is 2.19 bits per heavy atom. The van der Waals surface area contributed by atoms with Crippen molar-refractivity contribution in [1.82, 2.24) is 9.59 Å². The summed E-state index contributed by atoms with van der Waals surface area (Å²) in [6.45, 7) is 0. The lowest BCUT2D eigenvalue weighted by Crippen LogP contribution is -2.04. The Morgan fingerprint density at radius 1 is 1.38 bits per heavy atom. The van der Waals surface area contributed by atoms with Gasteiger partial charge in [0.15, 0.2) is 0 Å². The first-order valence-electron chi connectivity index (χ1n) is 4.56. The monoisotopic (exact) mass is 242 g/mol. The van der Waals surface area contributed by atoms with Crippen LogP contribution in [0.25, 0.3) is 0 Å². The van der Waals surface area contributed by atoms with Crippen LogP contribution in [-0.4, -0.2) is 14.7 Å². The summed E-state index contributed by atoms with van der Waals surface area (Å²) < 4.78 is 29.7. The van der Waals surface area contributed by atoms with E-state index in [1.165, 1.54) is 0 Å². The Kier molecular flexibility index (Phi) is 3.21. The highest BCUT2D eigenvalue weighted by Crippen LogP contribution is 2.19. The largest absolute Gasteiger partial charge is 0.386 e. The first-order chi connectivity index (χ1) is 7.66. The molecule has 3 nitrogen and oxygen atoms in total. The lowest BCUT2D eigenvalue weighted by Gasteiger charge is -2.08. The number of halogens is 2. The van der Waals surface area contributed by atoms with E-state index in [9.17, 15) is 13.9 Å². The maximum atomic E-state index is 13.3. The van der Waals surface area contributed by atoms with Crippen molar-refractivity contribution in [2.75, 3.05) is 0 Å². The zero-order valence-corrected chi connectivity index (χ0v) is 8.92. The van der Waals surface area contributed by atoms with Crippen LogP contribution in [0.3, 0.4) is 0 Å². The third-order valence-electron chi connectivity index (χ3n) is 2.14. The number of hydrogen-bond donors (Lipinski definition) is 1. The topological polar surface area (TPSA) is 46.0 Å². The van der Waals surface area contributed by atoms with Crippen LogP contribution in [0.4, 0.5) is 8.78 Å². The van der Waals surface area contributed by atoms with Gasteiger partial charge < -0.3 is 5.11 Å². The molecule has 0 bridgehead atoms. The number of rotatable bonds is 3. The molecular weight excluding hydrogens is 234 g/mol. The lowest BCUT2D eigenvalue weighted by molar-refractivity contribution is 0.172. The molecule has 0 aliphatic heterocycles. The Labute approximate surface area is 94.5 Å². The van der Waals surface area contributed by atoms with Crippen LogP contribution in [0.15, 0.2) is 23.6 Å². The molecule has 0 saturated carbocycles. The molecule has 1 unspecified atom stereocenters. The zero-order valence-electron chi connectivity index (χ0n) is 8.10. The van der Waals surface area contributed by atoms with E-state index in [1.54, 1.807) is 5.38 Å². The first-order valence-corrected chi connectivity index (χ1v) is 5.39. The van der Waals surface area contributed by atoms with Gasteiger partial charge in [0.2, 0.25) is 0 Å². The van der Waals surface area contributed by atoms with Crippen molar-refractivity contribution >= 4 is 11.5 Å². The predicted molar refractivity (Wildman–Crippen MR) is 54.9 cm³/mol. The molecule has 6 heteroatoms. The molecule has 0 amide bonds. The quantitative estimate of drug-likeness (QED) is 0.896. The second-order valence-corrected chi connectivity index (χ2v) is 3.90. The van der Waals surface area contributed by atoms with E-state index in [0.29, 0.717) is 5.69 Å². The number of aliphatic hydroxyl groups is 1. The van der Waals surface area contributed by atoms with E-state index >= 15 is 0 Å². The molecule has 1 atom stereocenters. The Balaban J connectivity index is 2.17. The average molecular weight is 242 g/mol. The average Bonchev–Trinajstić information content (AvgIpc) is 2.76. The fourth-order valence-corrected chi connectivity index (χ4v) is 1.83. The summed E-state index contributed by atoms with van der Waals surface area (Å²) in [6.07, 6.45) is -0.982. The smallest absolute Gasteiger partial charge is 0.126 e. The van der Waals surface area contributed by atoms with E-state index in [4.69, 9.17) is 0 Å². The molecule has 0 aliphatic rings. The van der Waals surface area contributed by atoms with E-state index in [-0.39, 0.29) is 12.0 Å². The number of aliphatic hydroxyl groups excluding tert-OH is 1. The summed E-state index contributed by atoms with van der Waals surface area (Å²) in [5.41, 5.74) is 0.495. The van der Waals surface area contributed by atoms with Crippen molar-refractivity contribution in [3.63, 3.8) is 0 Å². The van der Waals surface area contributed by atoms with Gasteiger partial charge in [-0.15, -0.1) is 5.10 Å². The summed E-state index contributed by atoms with van der Waals surface area (Å²) in [6, 6.07) is 3.14. The van der Waals surface area contributed by atoms with Crippen molar-refractivity contribution in [2.45, 2.75) is 12.5 Å². The van der Waals surface area contributed by atoms with Gasteiger partial charge in [-0.05, 0) is 35.3 Å². The van der Waals surface area contributed by atoms with E-state index in [0.717, 1.165) is 29.7 Å². The minimum atomic E-state index is -0.963. The Bertz CT molecular complexity index is 476. The van der Waals surface area contributed by atoms with Gasteiger partial charge in [-0.1, -0.05) is 4.49 Å². The summed E-state index contributed by atoms with van der Waals surface area (Å²) in [4.78, 5) is 0. The molecule has 1 heterocycles. The number of benzene rings is 1. The lowest BCUT2D eigenvalue weighted by atomic mass is 10.1. The molecule has 0 spiro atoms. The first kappa shape index (κ1) is 11.1. The van der Waals surface area contributed by atoms with Gasteiger partial charge in [-0.3, -0.25) is 0 Å². The van der Waals surface area contributed by atoms with E-state index in [2.05, 4.69) is 9.59 Å². The molecule has 84 valence electrons. The second kappa shape index (κ2) is 4.63. The summed E-state index contributed by atoms with van der Waals surface area (Å²) in [7, 11) is 0. The van der Waals surface area contributed by atoms with Crippen LogP contribution >= 0.6 is 11.5 Å². The highest BCUT2D eigenvalue weighted by atomic mass is 32.1. The van der Waals surface area contributed by atoms with Crippen LogP contribution in [0, 0.1) is 11.6 Å². The molecule has 2 rings (SSSR count). The number of nitrogens with zero attached hydrogens (tertiary/aromatic N) is 2. The van der Waals surface area contributed by atoms with Gasteiger partial charge in [-0.2, -0.15) is 0 Å². The fraction of sp³-hybridized carbons (Fsp3) is 0.200. The fourth-order valence-electron chi connectivity index (χ4n) is 1.33. The zero-order chi connectivity index (χ0) is 11.5. The molecule has 1 aromatic heterocycles. The van der Waals surface area contributed by atoms with Gasteiger partial charge in [0.1, 0.15) is 23.4 Å². The number of aromatic nitrogens is 2. The summed E-state index contributed by atoms with van der Waals surface area (Å²) in [5, 5.41) is 14.9. The van der Waals surface area contributed by atoms with E-state index in [1.807, 2.05) is 0 Å². The molecule has 0 saturated heterocycles. The standard InChI is InChI=1S/C10H8F2N2OS/c11-7-1-2-8(12)6(3-7)4-10(15)9-5-16-14-13-9/h1-3,5,10,15H,4H2. The van der Waals surface area contributed by atoms with Crippen molar-refractivity contribution in [3.05, 3.63) is 46.5 Å². The normalized spacial score (nSPS) is 12.7. The van der Waals surface area contributed by atoms with Gasteiger partial charge in [0.05, 0.1) is 0 Å². The van der Waals surface area contributed by atoms with Crippen molar-refractivity contribution in [1.29, 1.82) is 0 Å². The molecule has 1 N–H and O–H groups in total. The van der Waals surface area contributed by atoms with Gasteiger partial charge in [-0.25, -0.2) is 8.78 Å². The Morgan fingerprint density at radius 3 is 2.88 bits per heavy atom. The maximum absolute atomic E-state index is 13.3. The van der Waals surface area contributed by atoms with Gasteiger partial charge in [0.25, 0.3) is 0 Å². The number of hydrogen-bond acceptors (Lipinski definition) is 4. The minimum Gasteiger partial charge on any atom is -0.386 e. The van der Waals surface area contributed by atoms with Crippen molar-refractivity contribution < 1.29 is 13.9 Å². The molecule has 2 aromatic rings. The molecule has 0 radical (unpaired) electrons. The third kappa shape index (κ3) is 2.40. The van der Waals surface area contributed by atoms with Gasteiger partial charge >= 0.3 is 0 Å². The summed E-state index contributed by atoms with van der Waals surface area (Å²) >= 11 is 1.10.